The van der Waals surface area contributed by atoms with E-state index in [-0.39, 0.29) is 17.9 Å². The molecule has 0 spiro atoms. The van der Waals surface area contributed by atoms with Crippen LogP contribution in [0, 0.1) is 13.8 Å². The van der Waals surface area contributed by atoms with Crippen molar-refractivity contribution in [2.24, 2.45) is 0 Å². The lowest BCUT2D eigenvalue weighted by molar-refractivity contribution is -0.134. The maximum Gasteiger partial charge on any atom is 0.238 e. The number of carbonyl (C=O) groups excluding carboxylic acids is 2. The van der Waals surface area contributed by atoms with Gasteiger partial charge in [0.25, 0.3) is 0 Å². The van der Waals surface area contributed by atoms with Crippen molar-refractivity contribution in [3.05, 3.63) is 53.1 Å². The molecule has 2 amide bonds. The highest BCUT2D eigenvalue weighted by atomic mass is 16.5. The lowest BCUT2D eigenvalue weighted by Gasteiger charge is -2.35. The first-order chi connectivity index (χ1) is 17.4. The van der Waals surface area contributed by atoms with E-state index in [0.29, 0.717) is 13.1 Å². The maximum absolute atomic E-state index is 13.3. The van der Waals surface area contributed by atoms with E-state index in [0.717, 1.165) is 79.4 Å². The Hall–Kier alpha value is -3.10. The van der Waals surface area contributed by atoms with E-state index in [1.54, 1.807) is 14.2 Å². The molecule has 0 saturated carbocycles. The third-order valence-corrected chi connectivity index (χ3v) is 7.44. The standard InChI is InChI=1S/C28H38N4O4/c1-20-7-5-8-24(21(20)2)29-27(33)18-30-13-15-31(16-14-30)19-28(34)32-12-6-9-25(32)23-17-22(35-3)10-11-26(23)36-4/h5,7-8,10-11,17,25H,6,9,12-16,18-19H2,1-4H3,(H,29,33). The Kier molecular flexibility index (Phi) is 8.48. The van der Waals surface area contributed by atoms with Crippen molar-refractivity contribution >= 4 is 17.5 Å². The van der Waals surface area contributed by atoms with Crippen LogP contribution in [-0.4, -0.2) is 86.5 Å². The lowest BCUT2D eigenvalue weighted by atomic mass is 10.0. The number of methoxy groups -OCH3 is 2. The van der Waals surface area contributed by atoms with Gasteiger partial charge in [0.15, 0.2) is 0 Å². The number of aryl methyl sites for hydroxylation is 1. The Balaban J connectivity index is 1.29. The van der Waals surface area contributed by atoms with E-state index in [2.05, 4.69) is 15.1 Å². The number of carbonyl (C=O) groups is 2. The van der Waals surface area contributed by atoms with Crippen LogP contribution in [0.1, 0.15) is 35.6 Å². The van der Waals surface area contributed by atoms with Crippen molar-refractivity contribution in [3.8, 4) is 11.5 Å². The number of nitrogens with one attached hydrogen (secondary N) is 1. The van der Waals surface area contributed by atoms with Crippen LogP contribution in [0.2, 0.25) is 0 Å². The zero-order valence-electron chi connectivity index (χ0n) is 21.9. The first-order valence-electron chi connectivity index (χ1n) is 12.7. The minimum atomic E-state index is -0.00221. The van der Waals surface area contributed by atoms with Gasteiger partial charge in [-0.25, -0.2) is 0 Å². The van der Waals surface area contributed by atoms with E-state index in [1.165, 1.54) is 0 Å². The zero-order chi connectivity index (χ0) is 25.7. The van der Waals surface area contributed by atoms with Gasteiger partial charge in [-0.3, -0.25) is 19.4 Å². The van der Waals surface area contributed by atoms with Gasteiger partial charge < -0.3 is 19.7 Å². The average molecular weight is 495 g/mol. The van der Waals surface area contributed by atoms with Crippen molar-refractivity contribution in [2.75, 3.05) is 65.3 Å². The molecule has 36 heavy (non-hydrogen) atoms. The van der Waals surface area contributed by atoms with Crippen LogP contribution in [0.15, 0.2) is 36.4 Å². The van der Waals surface area contributed by atoms with Gasteiger partial charge in [0.1, 0.15) is 11.5 Å². The van der Waals surface area contributed by atoms with Crippen LogP contribution in [0.4, 0.5) is 5.69 Å². The number of piperazine rings is 1. The summed E-state index contributed by atoms with van der Waals surface area (Å²) >= 11 is 0. The first-order valence-corrected chi connectivity index (χ1v) is 12.7. The summed E-state index contributed by atoms with van der Waals surface area (Å²) in [6.07, 6.45) is 1.89. The molecule has 1 unspecified atom stereocenters. The molecule has 2 aromatic rings. The third kappa shape index (κ3) is 5.99. The summed E-state index contributed by atoms with van der Waals surface area (Å²) in [6, 6.07) is 11.7. The number of benzene rings is 2. The molecule has 2 fully saturated rings. The predicted octanol–water partition coefficient (Wildman–Crippen LogP) is 3.24. The Bertz CT molecular complexity index is 1080. The van der Waals surface area contributed by atoms with E-state index in [1.807, 2.05) is 55.1 Å². The summed E-state index contributed by atoms with van der Waals surface area (Å²) in [5.41, 5.74) is 4.14. The summed E-state index contributed by atoms with van der Waals surface area (Å²) in [4.78, 5) is 32.2. The number of likely N-dealkylation sites (tertiary alicyclic amines) is 1. The molecule has 2 heterocycles. The molecule has 1 N–H and O–H groups in total. The fraction of sp³-hybridized carbons (Fsp3) is 0.500. The molecule has 2 aliphatic heterocycles. The van der Waals surface area contributed by atoms with E-state index >= 15 is 0 Å². The highest BCUT2D eigenvalue weighted by Gasteiger charge is 2.33. The van der Waals surface area contributed by atoms with Gasteiger partial charge >= 0.3 is 0 Å². The molecular weight excluding hydrogens is 456 g/mol. The molecule has 0 radical (unpaired) electrons. The molecule has 2 saturated heterocycles. The normalized spacial score (nSPS) is 18.8. The quantitative estimate of drug-likeness (QED) is 0.607. The molecule has 4 rings (SSSR count). The first kappa shape index (κ1) is 26.0. The van der Waals surface area contributed by atoms with Crippen molar-refractivity contribution in [2.45, 2.75) is 32.7 Å². The minimum Gasteiger partial charge on any atom is -0.497 e. The average Bonchev–Trinajstić information content (AvgIpc) is 3.37. The van der Waals surface area contributed by atoms with Gasteiger partial charge in [0.2, 0.25) is 11.8 Å². The molecule has 0 aliphatic carbocycles. The van der Waals surface area contributed by atoms with Gasteiger partial charge in [-0.05, 0) is 62.1 Å². The Morgan fingerprint density at radius 3 is 2.36 bits per heavy atom. The predicted molar refractivity (Wildman–Crippen MR) is 141 cm³/mol. The monoisotopic (exact) mass is 494 g/mol. The van der Waals surface area contributed by atoms with Crippen LogP contribution < -0.4 is 14.8 Å². The largest absolute Gasteiger partial charge is 0.497 e. The number of nitrogens with zero attached hydrogens (tertiary/aromatic N) is 3. The molecule has 194 valence electrons. The number of amides is 2. The molecule has 0 aromatic heterocycles. The number of anilines is 1. The fourth-order valence-electron chi connectivity index (χ4n) is 5.16. The van der Waals surface area contributed by atoms with E-state index in [9.17, 15) is 9.59 Å². The lowest BCUT2D eigenvalue weighted by Crippen LogP contribution is -2.51. The van der Waals surface area contributed by atoms with Gasteiger partial charge in [-0.1, -0.05) is 12.1 Å². The number of hydrogen-bond acceptors (Lipinski definition) is 6. The van der Waals surface area contributed by atoms with E-state index < -0.39 is 0 Å². The summed E-state index contributed by atoms with van der Waals surface area (Å²) in [5, 5.41) is 3.04. The molecule has 2 aliphatic rings. The second-order valence-corrected chi connectivity index (χ2v) is 9.70. The van der Waals surface area contributed by atoms with Crippen molar-refractivity contribution in [3.63, 3.8) is 0 Å². The Morgan fingerprint density at radius 2 is 1.67 bits per heavy atom. The van der Waals surface area contributed by atoms with Crippen molar-refractivity contribution in [1.82, 2.24) is 14.7 Å². The molecular formula is C28H38N4O4. The van der Waals surface area contributed by atoms with Crippen LogP contribution in [0.3, 0.4) is 0 Å². The molecule has 0 bridgehead atoms. The highest BCUT2D eigenvalue weighted by molar-refractivity contribution is 5.93. The topological polar surface area (TPSA) is 74.4 Å². The molecule has 2 aromatic carbocycles. The van der Waals surface area contributed by atoms with Crippen LogP contribution in [-0.2, 0) is 9.59 Å². The maximum atomic E-state index is 13.3. The summed E-state index contributed by atoms with van der Waals surface area (Å²) in [6.45, 7) is 8.64. The minimum absolute atomic E-state index is 0.000344. The summed E-state index contributed by atoms with van der Waals surface area (Å²) < 4.78 is 11.0. The summed E-state index contributed by atoms with van der Waals surface area (Å²) in [5.74, 6) is 1.69. The second kappa shape index (κ2) is 11.8. The zero-order valence-corrected chi connectivity index (χ0v) is 21.9. The number of rotatable bonds is 8. The van der Waals surface area contributed by atoms with Gasteiger partial charge in [-0.15, -0.1) is 0 Å². The molecule has 8 heteroatoms. The second-order valence-electron chi connectivity index (χ2n) is 9.70. The van der Waals surface area contributed by atoms with Gasteiger partial charge in [-0.2, -0.15) is 0 Å². The van der Waals surface area contributed by atoms with Crippen LogP contribution >= 0.6 is 0 Å². The third-order valence-electron chi connectivity index (χ3n) is 7.44. The van der Waals surface area contributed by atoms with Gasteiger partial charge in [0.05, 0.1) is 33.4 Å². The Labute approximate surface area is 214 Å². The smallest absolute Gasteiger partial charge is 0.238 e. The fourth-order valence-corrected chi connectivity index (χ4v) is 5.16. The van der Waals surface area contributed by atoms with Crippen LogP contribution in [0.5, 0.6) is 11.5 Å². The number of ether oxygens (including phenoxy) is 2. The van der Waals surface area contributed by atoms with Crippen molar-refractivity contribution in [1.29, 1.82) is 0 Å². The van der Waals surface area contributed by atoms with Crippen LogP contribution in [0.25, 0.3) is 0 Å². The summed E-state index contributed by atoms with van der Waals surface area (Å²) in [7, 11) is 3.31. The number of hydrogen-bond donors (Lipinski definition) is 1. The molecule has 8 nitrogen and oxygen atoms in total. The Morgan fingerprint density at radius 1 is 0.944 bits per heavy atom. The highest BCUT2D eigenvalue weighted by Crippen LogP contribution is 2.39. The van der Waals surface area contributed by atoms with E-state index in [4.69, 9.17) is 9.47 Å². The molecule has 1 atom stereocenters. The van der Waals surface area contributed by atoms with Gasteiger partial charge in [0, 0.05) is 44.0 Å². The van der Waals surface area contributed by atoms with Crippen molar-refractivity contribution < 1.29 is 19.1 Å². The SMILES string of the molecule is COc1ccc(OC)c(C2CCCN2C(=O)CN2CCN(CC(=O)Nc3cccc(C)c3C)CC2)c1.